The molecule has 1 aromatic rings. The zero-order chi connectivity index (χ0) is 14.1. The standard InChI is InChI=1S/C9H3F5N2O2/c10-7(11)4-2-16-6(8(17)18)3(1-15)5(4)9(12,13)14/h2,7H,(H,17,18). The molecule has 0 fully saturated rings. The summed E-state index contributed by atoms with van der Waals surface area (Å²) in [6, 6.07) is 0.951. The lowest BCUT2D eigenvalue weighted by atomic mass is 10.0. The summed E-state index contributed by atoms with van der Waals surface area (Å²) in [6.45, 7) is 0. The minimum Gasteiger partial charge on any atom is -0.476 e. The van der Waals surface area contributed by atoms with Gasteiger partial charge in [-0.2, -0.15) is 18.4 Å². The van der Waals surface area contributed by atoms with Crippen LogP contribution < -0.4 is 0 Å². The number of carboxylic acids is 1. The molecule has 1 rings (SSSR count). The van der Waals surface area contributed by atoms with E-state index in [2.05, 4.69) is 4.98 Å². The molecule has 0 unspecified atom stereocenters. The molecule has 18 heavy (non-hydrogen) atoms. The molecule has 1 N–H and O–H groups in total. The molecular weight excluding hydrogens is 263 g/mol. The van der Waals surface area contributed by atoms with Crippen molar-refractivity contribution in [1.82, 2.24) is 4.98 Å². The highest BCUT2D eigenvalue weighted by molar-refractivity contribution is 5.89. The lowest BCUT2D eigenvalue weighted by molar-refractivity contribution is -0.139. The number of rotatable bonds is 2. The topological polar surface area (TPSA) is 74.0 Å². The molecule has 0 bridgehead atoms. The molecule has 0 aliphatic rings. The van der Waals surface area contributed by atoms with Crippen molar-refractivity contribution in [2.45, 2.75) is 12.6 Å². The van der Waals surface area contributed by atoms with Gasteiger partial charge < -0.3 is 5.11 Å². The summed E-state index contributed by atoms with van der Waals surface area (Å²) >= 11 is 0. The molecule has 4 nitrogen and oxygen atoms in total. The van der Waals surface area contributed by atoms with Crippen LogP contribution in [0.5, 0.6) is 0 Å². The summed E-state index contributed by atoms with van der Waals surface area (Å²) < 4.78 is 62.6. The van der Waals surface area contributed by atoms with Gasteiger partial charge in [0.15, 0.2) is 5.69 Å². The van der Waals surface area contributed by atoms with E-state index in [4.69, 9.17) is 10.4 Å². The maximum absolute atomic E-state index is 12.6. The van der Waals surface area contributed by atoms with Crippen molar-refractivity contribution >= 4 is 5.97 Å². The quantitative estimate of drug-likeness (QED) is 0.835. The Morgan fingerprint density at radius 1 is 1.44 bits per heavy atom. The molecule has 0 aromatic carbocycles. The van der Waals surface area contributed by atoms with E-state index in [1.54, 1.807) is 0 Å². The third-order valence-electron chi connectivity index (χ3n) is 1.94. The molecular formula is C9H3F5N2O2. The van der Waals surface area contributed by atoms with Crippen molar-refractivity contribution in [3.8, 4) is 6.07 Å². The van der Waals surface area contributed by atoms with Gasteiger partial charge in [0, 0.05) is 11.8 Å². The number of carbonyl (C=O) groups is 1. The molecule has 0 aliphatic heterocycles. The minimum absolute atomic E-state index is 0.109. The molecule has 0 saturated carbocycles. The zero-order valence-corrected chi connectivity index (χ0v) is 8.29. The number of hydrogen-bond donors (Lipinski definition) is 1. The molecule has 1 aromatic heterocycles. The largest absolute Gasteiger partial charge is 0.476 e. The van der Waals surface area contributed by atoms with Crippen LogP contribution in [0, 0.1) is 11.3 Å². The van der Waals surface area contributed by atoms with Crippen molar-refractivity contribution in [2.75, 3.05) is 0 Å². The second kappa shape index (κ2) is 4.56. The Hall–Kier alpha value is -2.24. The Bertz CT molecular complexity index is 533. The van der Waals surface area contributed by atoms with Gasteiger partial charge in [-0.15, -0.1) is 0 Å². The summed E-state index contributed by atoms with van der Waals surface area (Å²) in [7, 11) is 0. The monoisotopic (exact) mass is 266 g/mol. The first-order valence-corrected chi connectivity index (χ1v) is 4.21. The Morgan fingerprint density at radius 2 is 2.00 bits per heavy atom. The Balaban J connectivity index is 3.75. The molecule has 0 saturated heterocycles. The van der Waals surface area contributed by atoms with Crippen molar-refractivity contribution in [2.24, 2.45) is 0 Å². The lowest BCUT2D eigenvalue weighted by Crippen LogP contribution is -2.17. The van der Waals surface area contributed by atoms with Gasteiger partial charge in [0.2, 0.25) is 0 Å². The number of aromatic carboxylic acids is 1. The van der Waals surface area contributed by atoms with Crippen molar-refractivity contribution in [3.05, 3.63) is 28.6 Å². The van der Waals surface area contributed by atoms with Gasteiger partial charge in [-0.05, 0) is 0 Å². The van der Waals surface area contributed by atoms with E-state index in [9.17, 15) is 26.7 Å². The van der Waals surface area contributed by atoms with Gasteiger partial charge in [0.05, 0.1) is 11.1 Å². The predicted octanol–water partition coefficient (Wildman–Crippen LogP) is 2.61. The maximum atomic E-state index is 12.6. The van der Waals surface area contributed by atoms with E-state index in [0.717, 1.165) is 6.07 Å². The van der Waals surface area contributed by atoms with Crippen LogP contribution in [0.3, 0.4) is 0 Å². The number of alkyl halides is 5. The lowest BCUT2D eigenvalue weighted by Gasteiger charge is -2.14. The summed E-state index contributed by atoms with van der Waals surface area (Å²) in [4.78, 5) is 13.5. The molecule has 1 heterocycles. The van der Waals surface area contributed by atoms with Gasteiger partial charge in [-0.1, -0.05) is 0 Å². The highest BCUT2D eigenvalue weighted by Crippen LogP contribution is 2.38. The molecule has 0 spiro atoms. The van der Waals surface area contributed by atoms with Crippen molar-refractivity contribution in [1.29, 1.82) is 5.26 Å². The molecule has 0 aliphatic carbocycles. The van der Waals surface area contributed by atoms with Crippen LogP contribution in [0.25, 0.3) is 0 Å². The smallest absolute Gasteiger partial charge is 0.418 e. The van der Waals surface area contributed by atoms with Crippen molar-refractivity contribution < 1.29 is 31.9 Å². The number of nitriles is 1. The highest BCUT2D eigenvalue weighted by Gasteiger charge is 2.41. The third kappa shape index (κ3) is 2.37. The fraction of sp³-hybridized carbons (Fsp3) is 0.222. The summed E-state index contributed by atoms with van der Waals surface area (Å²) in [6.07, 6.45) is -8.69. The van der Waals surface area contributed by atoms with E-state index in [-0.39, 0.29) is 6.20 Å². The van der Waals surface area contributed by atoms with Crippen LogP contribution in [0.2, 0.25) is 0 Å². The summed E-state index contributed by atoms with van der Waals surface area (Å²) in [5, 5.41) is 17.1. The maximum Gasteiger partial charge on any atom is 0.418 e. The predicted molar refractivity (Wildman–Crippen MR) is 45.9 cm³/mol. The molecule has 0 radical (unpaired) electrons. The number of carboxylic acid groups (broad SMARTS) is 1. The van der Waals surface area contributed by atoms with Gasteiger partial charge in [0.1, 0.15) is 6.07 Å². The van der Waals surface area contributed by atoms with Crippen LogP contribution in [0.15, 0.2) is 6.20 Å². The van der Waals surface area contributed by atoms with E-state index in [0.29, 0.717) is 0 Å². The van der Waals surface area contributed by atoms with E-state index >= 15 is 0 Å². The molecule has 9 heteroatoms. The Labute approximate surface area is 96.3 Å². The van der Waals surface area contributed by atoms with Crippen LogP contribution in [0.1, 0.15) is 33.6 Å². The number of halogens is 5. The number of nitrogens with zero attached hydrogens (tertiary/aromatic N) is 2. The zero-order valence-electron chi connectivity index (χ0n) is 8.29. The summed E-state index contributed by atoms with van der Waals surface area (Å²) in [5.41, 5.74) is -6.13. The van der Waals surface area contributed by atoms with Gasteiger partial charge in [-0.25, -0.2) is 18.6 Å². The first-order chi connectivity index (χ1) is 8.20. The Morgan fingerprint density at radius 3 is 2.33 bits per heavy atom. The van der Waals surface area contributed by atoms with Crippen molar-refractivity contribution in [3.63, 3.8) is 0 Å². The number of pyridine rings is 1. The van der Waals surface area contributed by atoms with Crippen LogP contribution in [-0.4, -0.2) is 16.1 Å². The van der Waals surface area contributed by atoms with Gasteiger partial charge >= 0.3 is 12.1 Å². The number of aromatic nitrogens is 1. The molecule has 0 amide bonds. The van der Waals surface area contributed by atoms with Crippen LogP contribution >= 0.6 is 0 Å². The van der Waals surface area contributed by atoms with Gasteiger partial charge in [-0.3, -0.25) is 0 Å². The van der Waals surface area contributed by atoms with E-state index < -0.39 is 41.0 Å². The molecule has 96 valence electrons. The Kier molecular flexibility index (Phi) is 3.50. The first kappa shape index (κ1) is 13.8. The van der Waals surface area contributed by atoms with Crippen LogP contribution in [-0.2, 0) is 6.18 Å². The van der Waals surface area contributed by atoms with E-state index in [1.807, 2.05) is 0 Å². The van der Waals surface area contributed by atoms with Crippen LogP contribution in [0.4, 0.5) is 22.0 Å². The molecule has 0 atom stereocenters. The second-order valence-electron chi connectivity index (χ2n) is 3.03. The normalized spacial score (nSPS) is 11.4. The average Bonchev–Trinajstić information content (AvgIpc) is 2.25. The third-order valence-corrected chi connectivity index (χ3v) is 1.94. The summed E-state index contributed by atoms with van der Waals surface area (Å²) in [5.74, 6) is -1.90. The minimum atomic E-state index is -5.27. The van der Waals surface area contributed by atoms with E-state index in [1.165, 1.54) is 0 Å². The fourth-order valence-corrected chi connectivity index (χ4v) is 1.27. The number of hydrogen-bond acceptors (Lipinski definition) is 3. The SMILES string of the molecule is N#Cc1c(C(=O)O)ncc(C(F)F)c1C(F)(F)F. The fourth-order valence-electron chi connectivity index (χ4n) is 1.27. The second-order valence-corrected chi connectivity index (χ2v) is 3.03. The first-order valence-electron chi connectivity index (χ1n) is 4.21. The average molecular weight is 266 g/mol. The highest BCUT2D eigenvalue weighted by atomic mass is 19.4. The van der Waals surface area contributed by atoms with Gasteiger partial charge in [0.25, 0.3) is 6.43 Å².